The van der Waals surface area contributed by atoms with Crippen LogP contribution >= 0.6 is 0 Å². The van der Waals surface area contributed by atoms with Gasteiger partial charge in [0.25, 0.3) is 11.8 Å². The second kappa shape index (κ2) is 8.74. The van der Waals surface area contributed by atoms with Crippen molar-refractivity contribution in [3.05, 3.63) is 66.0 Å². The average molecular weight is 468 g/mol. The number of aryl methyl sites for hydroxylation is 1. The Morgan fingerprint density at radius 2 is 1.63 bits per heavy atom. The number of aromatic amines is 1. The summed E-state index contributed by atoms with van der Waals surface area (Å²) >= 11 is 0. The lowest BCUT2D eigenvalue weighted by molar-refractivity contribution is -0.122. The predicted octanol–water partition coefficient (Wildman–Crippen LogP) is 4.15. The lowest BCUT2D eigenvalue weighted by Crippen LogP contribution is -2.31. The molecule has 2 aliphatic rings. The van der Waals surface area contributed by atoms with Gasteiger partial charge in [-0.3, -0.25) is 14.9 Å². The van der Waals surface area contributed by atoms with Gasteiger partial charge in [0.2, 0.25) is 0 Å². The van der Waals surface area contributed by atoms with Crippen LogP contribution in [0.4, 0.5) is 5.69 Å². The molecule has 0 bridgehead atoms. The van der Waals surface area contributed by atoms with E-state index in [-0.39, 0.29) is 11.8 Å². The fourth-order valence-corrected chi connectivity index (χ4v) is 5.59. The topological polar surface area (TPSA) is 96.1 Å². The van der Waals surface area contributed by atoms with Crippen LogP contribution in [0.2, 0.25) is 0 Å². The molecule has 0 radical (unpaired) electrons. The Morgan fingerprint density at radius 3 is 2.46 bits per heavy atom. The van der Waals surface area contributed by atoms with Gasteiger partial charge in [-0.1, -0.05) is 24.6 Å². The maximum absolute atomic E-state index is 13.1. The number of carbonyl (C=O) groups is 2. The number of nitrogens with zero attached hydrogens (tertiary/aromatic N) is 2. The smallest absolute Gasteiger partial charge is 0.259 e. The van der Waals surface area contributed by atoms with Gasteiger partial charge in [-0.25, -0.2) is 0 Å². The summed E-state index contributed by atoms with van der Waals surface area (Å²) in [4.78, 5) is 31.9. The normalized spacial score (nSPS) is 17.1. The molecule has 0 unspecified atom stereocenters. The van der Waals surface area contributed by atoms with Gasteiger partial charge in [-0.15, -0.1) is 0 Å². The molecule has 0 atom stereocenters. The summed E-state index contributed by atoms with van der Waals surface area (Å²) in [5, 5.41) is 4.33. The van der Waals surface area contributed by atoms with Gasteiger partial charge in [0.1, 0.15) is 0 Å². The summed E-state index contributed by atoms with van der Waals surface area (Å²) in [7, 11) is 0. The third kappa shape index (κ3) is 3.82. The molecule has 2 amide bonds. The molecule has 7 heteroatoms. The number of hydrogen-bond donors (Lipinski definition) is 3. The third-order valence-electron chi connectivity index (χ3n) is 7.29. The molecular weight excluding hydrogens is 438 g/mol. The molecular formula is C28H29N5O2. The second-order valence-corrected chi connectivity index (χ2v) is 9.55. The summed E-state index contributed by atoms with van der Waals surface area (Å²) in [6.45, 7) is 4.25. The largest absolute Gasteiger partial charge is 0.399 e. The van der Waals surface area contributed by atoms with Crippen LogP contribution < -0.4 is 11.1 Å². The minimum Gasteiger partial charge on any atom is -0.399 e. The van der Waals surface area contributed by atoms with Crippen molar-refractivity contribution >= 4 is 50.5 Å². The van der Waals surface area contributed by atoms with Gasteiger partial charge in [-0.2, -0.15) is 0 Å². The molecule has 4 aromatic rings. The highest BCUT2D eigenvalue weighted by Crippen LogP contribution is 2.38. The molecule has 1 saturated heterocycles. The number of rotatable bonds is 6. The molecule has 2 aromatic heterocycles. The summed E-state index contributed by atoms with van der Waals surface area (Å²) in [5.41, 5.74) is 11.0. The highest BCUT2D eigenvalue weighted by Gasteiger charge is 2.35. The SMILES string of the molecule is Nc1ccc2c(c1)c(C1=C(c3c[nH]c4ccccc34)C(=O)NC1=O)cn2CCCN1CCCCC1. The molecule has 2 aromatic carbocycles. The van der Waals surface area contributed by atoms with Crippen molar-refractivity contribution in [1.29, 1.82) is 0 Å². The van der Waals surface area contributed by atoms with Gasteiger partial charge >= 0.3 is 0 Å². The average Bonchev–Trinajstić information content (AvgIpc) is 3.52. The maximum atomic E-state index is 13.1. The first-order valence-electron chi connectivity index (χ1n) is 12.4. The number of nitrogen functional groups attached to an aromatic ring is 1. The van der Waals surface area contributed by atoms with E-state index >= 15 is 0 Å². The van der Waals surface area contributed by atoms with E-state index in [1.807, 2.05) is 54.9 Å². The van der Waals surface area contributed by atoms with E-state index in [1.165, 1.54) is 32.4 Å². The van der Waals surface area contributed by atoms with Gasteiger partial charge in [0, 0.05) is 57.6 Å². The number of amides is 2. The highest BCUT2D eigenvalue weighted by molar-refractivity contribution is 6.50. The Kier molecular flexibility index (Phi) is 5.41. The van der Waals surface area contributed by atoms with Crippen molar-refractivity contribution in [3.8, 4) is 0 Å². The number of piperidine rings is 1. The van der Waals surface area contributed by atoms with Crippen LogP contribution in [0.15, 0.2) is 54.9 Å². The number of anilines is 1. The minimum absolute atomic E-state index is 0.370. The Labute approximate surface area is 203 Å². The quantitative estimate of drug-likeness (QED) is 0.293. The van der Waals surface area contributed by atoms with Gasteiger partial charge in [0.15, 0.2) is 0 Å². The Bertz CT molecular complexity index is 1490. The number of nitrogens with one attached hydrogen (secondary N) is 2. The van der Waals surface area contributed by atoms with Crippen molar-refractivity contribution in [2.75, 3.05) is 25.4 Å². The van der Waals surface area contributed by atoms with Crippen LogP contribution in [0, 0.1) is 0 Å². The number of H-pyrrole nitrogens is 1. The molecule has 1 fully saturated rings. The third-order valence-corrected chi connectivity index (χ3v) is 7.29. The van der Waals surface area contributed by atoms with Crippen molar-refractivity contribution in [2.24, 2.45) is 0 Å². The molecule has 178 valence electrons. The van der Waals surface area contributed by atoms with Crippen molar-refractivity contribution in [1.82, 2.24) is 19.8 Å². The summed E-state index contributed by atoms with van der Waals surface area (Å²) < 4.78 is 2.20. The Morgan fingerprint density at radius 1 is 0.857 bits per heavy atom. The molecule has 6 rings (SSSR count). The Balaban J connectivity index is 1.44. The lowest BCUT2D eigenvalue weighted by atomic mass is 9.95. The summed E-state index contributed by atoms with van der Waals surface area (Å²) in [5.74, 6) is -0.741. The standard InChI is InChI=1S/C28H29N5O2/c29-18-9-10-24-20(15-18)22(17-33(24)14-6-13-32-11-4-1-5-12-32)26-25(27(34)31-28(26)35)21-16-30-23-8-3-2-7-19(21)23/h2-3,7-10,15-17,30H,1,4-6,11-14,29H2,(H,31,34,35). The number of carbonyl (C=O) groups excluding carboxylic acids is 2. The van der Waals surface area contributed by atoms with Gasteiger partial charge < -0.3 is 20.2 Å². The summed E-state index contributed by atoms with van der Waals surface area (Å²) in [6, 6.07) is 13.6. The number of likely N-dealkylation sites (tertiary alicyclic amines) is 1. The molecule has 4 heterocycles. The molecule has 0 saturated carbocycles. The number of benzene rings is 2. The molecule has 7 nitrogen and oxygen atoms in total. The number of aromatic nitrogens is 2. The van der Waals surface area contributed by atoms with E-state index in [0.29, 0.717) is 16.8 Å². The first kappa shape index (κ1) is 21.7. The number of para-hydroxylation sites is 1. The number of imide groups is 1. The fraction of sp³-hybridized carbons (Fsp3) is 0.286. The lowest BCUT2D eigenvalue weighted by Gasteiger charge is -2.26. The highest BCUT2D eigenvalue weighted by atomic mass is 16.2. The molecule has 4 N–H and O–H groups in total. The molecule has 0 spiro atoms. The number of fused-ring (bicyclic) bond motifs is 2. The van der Waals surface area contributed by atoms with E-state index in [2.05, 4.69) is 19.8 Å². The number of nitrogens with two attached hydrogens (primary N) is 1. The van der Waals surface area contributed by atoms with E-state index in [0.717, 1.165) is 52.4 Å². The van der Waals surface area contributed by atoms with Crippen LogP contribution in [0.3, 0.4) is 0 Å². The van der Waals surface area contributed by atoms with Crippen molar-refractivity contribution < 1.29 is 9.59 Å². The monoisotopic (exact) mass is 467 g/mol. The fourth-order valence-electron chi connectivity index (χ4n) is 5.59. The predicted molar refractivity (Wildman–Crippen MR) is 140 cm³/mol. The van der Waals surface area contributed by atoms with Gasteiger partial charge in [-0.05, 0) is 63.2 Å². The van der Waals surface area contributed by atoms with Crippen LogP contribution in [-0.2, 0) is 16.1 Å². The van der Waals surface area contributed by atoms with Crippen LogP contribution in [0.25, 0.3) is 33.0 Å². The molecule has 35 heavy (non-hydrogen) atoms. The van der Waals surface area contributed by atoms with Crippen LogP contribution in [0.5, 0.6) is 0 Å². The first-order valence-corrected chi connectivity index (χ1v) is 12.4. The van der Waals surface area contributed by atoms with E-state index in [9.17, 15) is 9.59 Å². The summed E-state index contributed by atoms with van der Waals surface area (Å²) in [6.07, 6.45) is 8.74. The zero-order valence-corrected chi connectivity index (χ0v) is 19.6. The first-order chi connectivity index (χ1) is 17.1. The van der Waals surface area contributed by atoms with Crippen LogP contribution in [-0.4, -0.2) is 45.9 Å². The van der Waals surface area contributed by atoms with E-state index in [1.54, 1.807) is 0 Å². The van der Waals surface area contributed by atoms with Crippen molar-refractivity contribution in [2.45, 2.75) is 32.2 Å². The second-order valence-electron chi connectivity index (χ2n) is 9.55. The number of hydrogen-bond acceptors (Lipinski definition) is 4. The Hall–Kier alpha value is -3.84. The zero-order chi connectivity index (χ0) is 23.9. The minimum atomic E-state index is -0.371. The molecule has 0 aliphatic carbocycles. The maximum Gasteiger partial charge on any atom is 0.259 e. The van der Waals surface area contributed by atoms with Crippen LogP contribution in [0.1, 0.15) is 36.8 Å². The van der Waals surface area contributed by atoms with Gasteiger partial charge in [0.05, 0.1) is 11.1 Å². The zero-order valence-electron chi connectivity index (χ0n) is 19.6. The van der Waals surface area contributed by atoms with E-state index in [4.69, 9.17) is 5.73 Å². The molecule has 2 aliphatic heterocycles. The van der Waals surface area contributed by atoms with E-state index < -0.39 is 0 Å². The van der Waals surface area contributed by atoms with Crippen molar-refractivity contribution in [3.63, 3.8) is 0 Å².